The molecular formula is C17H19N3O4. The maximum Gasteiger partial charge on any atom is 0.325 e. The molecule has 1 aromatic rings. The number of benzene rings is 1. The van der Waals surface area contributed by atoms with Gasteiger partial charge in [0.05, 0.1) is 12.0 Å². The largest absolute Gasteiger partial charge is 0.486 e. The standard InChI is InChI=1S/C17H19N3O4/c1-3-17(12-4-5-13-14(8-12)24-7-6-23-13)15(21)20(16(22)19-17)10-11(2)9-18/h4-5,8,11H,3,6-7,10H2,1-2H3,(H,19,22). The van der Waals surface area contributed by atoms with E-state index in [1.807, 2.05) is 13.0 Å². The summed E-state index contributed by atoms with van der Waals surface area (Å²) in [5.74, 6) is 0.432. The molecule has 24 heavy (non-hydrogen) atoms. The Bertz CT molecular complexity index is 727. The molecular weight excluding hydrogens is 310 g/mol. The van der Waals surface area contributed by atoms with Crippen molar-refractivity contribution in [2.45, 2.75) is 25.8 Å². The van der Waals surface area contributed by atoms with Gasteiger partial charge in [0.2, 0.25) is 0 Å². The lowest BCUT2D eigenvalue weighted by Crippen LogP contribution is -2.43. The van der Waals surface area contributed by atoms with Crippen LogP contribution in [0, 0.1) is 17.2 Å². The van der Waals surface area contributed by atoms with Gasteiger partial charge in [0.1, 0.15) is 18.8 Å². The SMILES string of the molecule is CCC1(c2ccc3c(c2)OCCO3)NC(=O)N(CC(C)C#N)C1=O. The zero-order valence-electron chi connectivity index (χ0n) is 13.7. The first-order chi connectivity index (χ1) is 11.5. The van der Waals surface area contributed by atoms with E-state index in [0.717, 1.165) is 4.90 Å². The average molecular weight is 329 g/mol. The molecule has 2 heterocycles. The molecule has 0 bridgehead atoms. The van der Waals surface area contributed by atoms with Crippen molar-refractivity contribution in [1.82, 2.24) is 10.2 Å². The molecule has 1 N–H and O–H groups in total. The van der Waals surface area contributed by atoms with E-state index in [0.29, 0.717) is 36.7 Å². The number of hydrogen-bond acceptors (Lipinski definition) is 5. The van der Waals surface area contributed by atoms with Crippen LogP contribution in [0.2, 0.25) is 0 Å². The average Bonchev–Trinajstić information content (AvgIpc) is 2.86. The molecule has 2 aliphatic heterocycles. The molecule has 2 aliphatic rings. The minimum atomic E-state index is -1.14. The van der Waals surface area contributed by atoms with E-state index >= 15 is 0 Å². The molecule has 7 nitrogen and oxygen atoms in total. The first kappa shape index (κ1) is 16.1. The van der Waals surface area contributed by atoms with Gasteiger partial charge in [-0.3, -0.25) is 9.69 Å². The predicted octanol–water partition coefficient (Wildman–Crippen LogP) is 1.77. The number of carbonyl (C=O) groups is 2. The minimum absolute atomic E-state index is 0.0769. The Morgan fingerprint density at radius 2 is 2.04 bits per heavy atom. The zero-order valence-corrected chi connectivity index (χ0v) is 13.7. The second-order valence-corrected chi connectivity index (χ2v) is 5.99. The van der Waals surface area contributed by atoms with Gasteiger partial charge >= 0.3 is 6.03 Å². The fourth-order valence-electron chi connectivity index (χ4n) is 3.05. The number of urea groups is 1. The molecule has 1 aromatic carbocycles. The summed E-state index contributed by atoms with van der Waals surface area (Å²) in [5.41, 5.74) is -0.484. The van der Waals surface area contributed by atoms with E-state index in [-0.39, 0.29) is 12.5 Å². The van der Waals surface area contributed by atoms with Crippen LogP contribution in [0.1, 0.15) is 25.8 Å². The third-order valence-corrected chi connectivity index (χ3v) is 4.42. The number of nitrogens with one attached hydrogen (secondary N) is 1. The molecule has 0 aromatic heterocycles. The van der Waals surface area contributed by atoms with Gasteiger partial charge in [-0.15, -0.1) is 0 Å². The summed E-state index contributed by atoms with van der Waals surface area (Å²) in [5, 5.41) is 11.8. The summed E-state index contributed by atoms with van der Waals surface area (Å²) in [6.07, 6.45) is 0.397. The molecule has 7 heteroatoms. The third kappa shape index (κ3) is 2.44. The monoisotopic (exact) mass is 329 g/mol. The fraction of sp³-hybridized carbons (Fsp3) is 0.471. The van der Waals surface area contributed by atoms with Crippen LogP contribution in [0.5, 0.6) is 11.5 Å². The van der Waals surface area contributed by atoms with Gasteiger partial charge in [-0.25, -0.2) is 4.79 Å². The predicted molar refractivity (Wildman–Crippen MR) is 84.4 cm³/mol. The smallest absolute Gasteiger partial charge is 0.325 e. The van der Waals surface area contributed by atoms with Crippen molar-refractivity contribution in [2.75, 3.05) is 19.8 Å². The second kappa shape index (κ2) is 6.04. The molecule has 2 atom stereocenters. The number of amides is 3. The lowest BCUT2D eigenvalue weighted by molar-refractivity contribution is -0.132. The van der Waals surface area contributed by atoms with Crippen LogP contribution >= 0.6 is 0 Å². The number of nitriles is 1. The molecule has 0 saturated carbocycles. The normalized spacial score (nSPS) is 23.6. The molecule has 0 spiro atoms. The molecule has 0 aliphatic carbocycles. The van der Waals surface area contributed by atoms with Gasteiger partial charge in [-0.2, -0.15) is 5.26 Å². The molecule has 1 fully saturated rings. The summed E-state index contributed by atoms with van der Waals surface area (Å²) in [7, 11) is 0. The van der Waals surface area contributed by atoms with E-state index in [1.54, 1.807) is 25.1 Å². The lowest BCUT2D eigenvalue weighted by atomic mass is 9.86. The summed E-state index contributed by atoms with van der Waals surface area (Å²) in [6, 6.07) is 6.84. The number of carbonyl (C=O) groups excluding carboxylic acids is 2. The van der Waals surface area contributed by atoms with Crippen molar-refractivity contribution in [3.63, 3.8) is 0 Å². The van der Waals surface area contributed by atoms with Crippen molar-refractivity contribution in [3.8, 4) is 17.6 Å². The van der Waals surface area contributed by atoms with Crippen LogP contribution in [0.4, 0.5) is 4.79 Å². The maximum atomic E-state index is 12.9. The van der Waals surface area contributed by atoms with Gasteiger partial charge in [0.25, 0.3) is 5.91 Å². The number of imide groups is 1. The highest BCUT2D eigenvalue weighted by molar-refractivity contribution is 6.07. The molecule has 2 unspecified atom stereocenters. The number of ether oxygens (including phenoxy) is 2. The van der Waals surface area contributed by atoms with E-state index in [9.17, 15) is 9.59 Å². The van der Waals surface area contributed by atoms with Gasteiger partial charge in [0, 0.05) is 6.54 Å². The van der Waals surface area contributed by atoms with Crippen LogP contribution < -0.4 is 14.8 Å². The number of nitrogens with zero attached hydrogens (tertiary/aromatic N) is 2. The fourth-order valence-corrected chi connectivity index (χ4v) is 3.05. The first-order valence-corrected chi connectivity index (χ1v) is 7.95. The van der Waals surface area contributed by atoms with Crippen LogP contribution in [0.25, 0.3) is 0 Å². The Morgan fingerprint density at radius 1 is 1.33 bits per heavy atom. The quantitative estimate of drug-likeness (QED) is 0.850. The minimum Gasteiger partial charge on any atom is -0.486 e. The van der Waals surface area contributed by atoms with Crippen molar-refractivity contribution in [3.05, 3.63) is 23.8 Å². The Labute approximate surface area is 140 Å². The van der Waals surface area contributed by atoms with Crippen LogP contribution in [-0.2, 0) is 10.3 Å². The Balaban J connectivity index is 1.96. The van der Waals surface area contributed by atoms with E-state index in [1.165, 1.54) is 0 Å². The van der Waals surface area contributed by atoms with E-state index in [2.05, 4.69) is 5.32 Å². The van der Waals surface area contributed by atoms with Crippen LogP contribution in [0.15, 0.2) is 18.2 Å². The Kier molecular flexibility index (Phi) is 4.06. The van der Waals surface area contributed by atoms with Gasteiger partial charge in [-0.1, -0.05) is 13.0 Å². The molecule has 126 valence electrons. The van der Waals surface area contributed by atoms with E-state index in [4.69, 9.17) is 14.7 Å². The Morgan fingerprint density at radius 3 is 2.71 bits per heavy atom. The molecule has 1 saturated heterocycles. The van der Waals surface area contributed by atoms with Crippen molar-refractivity contribution in [2.24, 2.45) is 5.92 Å². The molecule has 3 amide bonds. The topological polar surface area (TPSA) is 91.7 Å². The van der Waals surface area contributed by atoms with Crippen molar-refractivity contribution < 1.29 is 19.1 Å². The highest BCUT2D eigenvalue weighted by Crippen LogP contribution is 2.38. The summed E-state index contributed by atoms with van der Waals surface area (Å²) < 4.78 is 11.1. The van der Waals surface area contributed by atoms with Crippen LogP contribution in [-0.4, -0.2) is 36.6 Å². The zero-order chi connectivity index (χ0) is 17.3. The summed E-state index contributed by atoms with van der Waals surface area (Å²) in [6.45, 7) is 4.53. The Hall–Kier alpha value is -2.75. The van der Waals surface area contributed by atoms with Gasteiger partial charge in [0.15, 0.2) is 11.5 Å². The lowest BCUT2D eigenvalue weighted by Gasteiger charge is -2.28. The summed E-state index contributed by atoms with van der Waals surface area (Å²) in [4.78, 5) is 26.4. The van der Waals surface area contributed by atoms with Crippen molar-refractivity contribution in [1.29, 1.82) is 5.26 Å². The van der Waals surface area contributed by atoms with Gasteiger partial charge < -0.3 is 14.8 Å². The second-order valence-electron chi connectivity index (χ2n) is 5.99. The summed E-state index contributed by atoms with van der Waals surface area (Å²) >= 11 is 0. The van der Waals surface area contributed by atoms with Crippen LogP contribution in [0.3, 0.4) is 0 Å². The highest BCUT2D eigenvalue weighted by Gasteiger charge is 2.51. The third-order valence-electron chi connectivity index (χ3n) is 4.42. The molecule has 3 rings (SSSR count). The van der Waals surface area contributed by atoms with Gasteiger partial charge in [-0.05, 0) is 31.0 Å². The van der Waals surface area contributed by atoms with E-state index < -0.39 is 17.5 Å². The number of hydrogen-bond donors (Lipinski definition) is 1. The molecule has 0 radical (unpaired) electrons. The maximum absolute atomic E-state index is 12.9. The highest BCUT2D eigenvalue weighted by atomic mass is 16.6. The number of fused-ring (bicyclic) bond motifs is 1. The first-order valence-electron chi connectivity index (χ1n) is 7.95. The number of rotatable bonds is 4. The van der Waals surface area contributed by atoms with Crippen molar-refractivity contribution >= 4 is 11.9 Å².